The van der Waals surface area contributed by atoms with Crippen LogP contribution in [0.1, 0.15) is 13.8 Å². The van der Waals surface area contributed by atoms with Gasteiger partial charge in [-0.25, -0.2) is 8.42 Å². The molecule has 0 bridgehead atoms. The topological polar surface area (TPSA) is 89.1 Å². The monoisotopic (exact) mass is 276 g/mol. The summed E-state index contributed by atoms with van der Waals surface area (Å²) in [6.45, 7) is 5.53. The highest BCUT2D eigenvalue weighted by molar-refractivity contribution is 7.88. The lowest BCUT2D eigenvalue weighted by molar-refractivity contribution is -0.752. The molecule has 2 aliphatic rings. The Morgan fingerprint density at radius 1 is 1.44 bits per heavy atom. The number of nitrogens with one attached hydrogen (secondary N) is 1. The molecule has 8 nitrogen and oxygen atoms in total. The smallest absolute Gasteiger partial charge is 0.283 e. The van der Waals surface area contributed by atoms with E-state index >= 15 is 0 Å². The van der Waals surface area contributed by atoms with Crippen LogP contribution in [-0.4, -0.2) is 66.4 Å². The van der Waals surface area contributed by atoms with Gasteiger partial charge in [-0.3, -0.25) is 10.2 Å². The van der Waals surface area contributed by atoms with Gasteiger partial charge in [0.25, 0.3) is 12.4 Å². The van der Waals surface area contributed by atoms with E-state index in [0.29, 0.717) is 26.2 Å². The van der Waals surface area contributed by atoms with Crippen LogP contribution in [0.3, 0.4) is 0 Å². The Morgan fingerprint density at radius 3 is 2.56 bits per heavy atom. The molecule has 0 aromatic heterocycles. The molecule has 1 N–H and O–H groups in total. The summed E-state index contributed by atoms with van der Waals surface area (Å²) in [7, 11) is -3.17. The predicted molar refractivity (Wildman–Crippen MR) is 63.6 cm³/mol. The summed E-state index contributed by atoms with van der Waals surface area (Å²) in [5, 5.41) is 13.1. The summed E-state index contributed by atoms with van der Waals surface area (Å²) in [5.41, 5.74) is -0.390. The maximum absolute atomic E-state index is 11.6. The van der Waals surface area contributed by atoms with E-state index in [1.807, 2.05) is 18.9 Å². The van der Waals surface area contributed by atoms with E-state index < -0.39 is 15.6 Å². The molecule has 2 rings (SSSR count). The number of sulfonamides is 1. The number of hydrazine groups is 1. The first-order valence-electron chi connectivity index (χ1n) is 5.66. The zero-order chi connectivity index (χ0) is 13.6. The summed E-state index contributed by atoms with van der Waals surface area (Å²) < 4.78 is 24.6. The van der Waals surface area contributed by atoms with Crippen molar-refractivity contribution >= 4 is 15.9 Å². The lowest BCUT2D eigenvalue weighted by Crippen LogP contribution is -2.62. The highest BCUT2D eigenvalue weighted by atomic mass is 32.2. The molecular formula is C9H18N5O3S+. The molecule has 0 atom stereocenters. The van der Waals surface area contributed by atoms with Gasteiger partial charge in [0.15, 0.2) is 0 Å². The number of hydrogen-bond acceptors (Lipinski definition) is 6. The average Bonchev–Trinajstić information content (AvgIpc) is 2.61. The van der Waals surface area contributed by atoms with Gasteiger partial charge in [0, 0.05) is 17.9 Å². The number of piperazine rings is 1. The van der Waals surface area contributed by atoms with Crippen LogP contribution >= 0.6 is 0 Å². The molecule has 0 saturated carbocycles. The second-order valence-electron chi connectivity index (χ2n) is 5.16. The van der Waals surface area contributed by atoms with Gasteiger partial charge in [-0.05, 0) is 13.8 Å². The fraction of sp³-hybridized carbons (Fsp3) is 0.889. The summed E-state index contributed by atoms with van der Waals surface area (Å²) in [4.78, 5) is 6.35. The van der Waals surface area contributed by atoms with Crippen molar-refractivity contribution in [2.75, 3.05) is 32.4 Å². The van der Waals surface area contributed by atoms with Crippen LogP contribution < -0.4 is 0 Å². The zero-order valence-corrected chi connectivity index (χ0v) is 11.6. The van der Waals surface area contributed by atoms with E-state index in [0.717, 1.165) is 0 Å². The third kappa shape index (κ3) is 2.46. The van der Waals surface area contributed by atoms with Crippen molar-refractivity contribution in [3.05, 3.63) is 0 Å². The van der Waals surface area contributed by atoms with Crippen LogP contribution in [0.5, 0.6) is 0 Å². The molecule has 9 heteroatoms. The van der Waals surface area contributed by atoms with Crippen LogP contribution in [0.25, 0.3) is 0 Å². The van der Waals surface area contributed by atoms with E-state index in [-0.39, 0.29) is 5.90 Å². The zero-order valence-electron chi connectivity index (χ0n) is 10.8. The molecule has 1 saturated heterocycles. The quantitative estimate of drug-likeness (QED) is 0.698. The SMILES string of the molecule is CC1(C)CN(S(C)(=O)=O)CCN1[N+]1=NOC(=N)C1. The van der Waals surface area contributed by atoms with Crippen molar-refractivity contribution in [3.8, 4) is 0 Å². The lowest BCUT2D eigenvalue weighted by atomic mass is 10.0. The van der Waals surface area contributed by atoms with Crippen LogP contribution in [-0.2, 0) is 14.9 Å². The first kappa shape index (κ1) is 13.2. The Kier molecular flexibility index (Phi) is 3.06. The summed E-state index contributed by atoms with van der Waals surface area (Å²) in [6, 6.07) is 0. The molecule has 0 radical (unpaired) electrons. The molecule has 2 heterocycles. The van der Waals surface area contributed by atoms with E-state index in [9.17, 15) is 8.42 Å². The first-order valence-corrected chi connectivity index (χ1v) is 7.50. The second-order valence-corrected chi connectivity index (χ2v) is 7.14. The van der Waals surface area contributed by atoms with Gasteiger partial charge >= 0.3 is 0 Å². The predicted octanol–water partition coefficient (Wildman–Crippen LogP) is -0.356. The Morgan fingerprint density at radius 2 is 2.11 bits per heavy atom. The van der Waals surface area contributed by atoms with Gasteiger partial charge in [0.1, 0.15) is 5.54 Å². The summed E-state index contributed by atoms with van der Waals surface area (Å²) >= 11 is 0. The molecule has 0 aromatic carbocycles. The molecular weight excluding hydrogens is 258 g/mol. The van der Waals surface area contributed by atoms with E-state index in [1.165, 1.54) is 10.6 Å². The third-order valence-corrected chi connectivity index (χ3v) is 4.35. The summed E-state index contributed by atoms with van der Waals surface area (Å²) in [5.74, 6) is 0.0938. The van der Waals surface area contributed by atoms with Crippen LogP contribution in [0.4, 0.5) is 0 Å². The molecule has 18 heavy (non-hydrogen) atoms. The van der Waals surface area contributed by atoms with Crippen molar-refractivity contribution in [1.29, 1.82) is 5.41 Å². The molecule has 0 spiro atoms. The van der Waals surface area contributed by atoms with Gasteiger partial charge in [-0.1, -0.05) is 0 Å². The molecule has 0 aliphatic carbocycles. The Bertz CT molecular complexity index is 498. The molecule has 0 aromatic rings. The molecule has 0 unspecified atom stereocenters. The van der Waals surface area contributed by atoms with Crippen molar-refractivity contribution in [3.63, 3.8) is 0 Å². The Balaban J connectivity index is 2.16. The summed E-state index contributed by atoms with van der Waals surface area (Å²) in [6.07, 6.45) is 1.22. The number of hydrogen-bond donors (Lipinski definition) is 1. The van der Waals surface area contributed by atoms with Gasteiger partial charge in [-0.2, -0.15) is 9.31 Å². The van der Waals surface area contributed by atoms with Gasteiger partial charge < -0.3 is 0 Å². The normalized spacial score (nSPS) is 24.9. The van der Waals surface area contributed by atoms with Gasteiger partial charge in [0.2, 0.25) is 15.3 Å². The second kappa shape index (κ2) is 4.16. The minimum atomic E-state index is -3.17. The van der Waals surface area contributed by atoms with E-state index in [2.05, 4.69) is 5.28 Å². The molecule has 2 aliphatic heterocycles. The van der Waals surface area contributed by atoms with Crippen molar-refractivity contribution in [2.24, 2.45) is 5.28 Å². The van der Waals surface area contributed by atoms with Crippen LogP contribution in [0, 0.1) is 5.41 Å². The van der Waals surface area contributed by atoms with E-state index in [1.54, 1.807) is 4.81 Å². The van der Waals surface area contributed by atoms with E-state index in [4.69, 9.17) is 10.2 Å². The highest BCUT2D eigenvalue weighted by Crippen LogP contribution is 2.23. The van der Waals surface area contributed by atoms with Crippen LogP contribution in [0.2, 0.25) is 0 Å². The Hall–Kier alpha value is -1.22. The fourth-order valence-electron chi connectivity index (χ4n) is 2.22. The Labute approximate surface area is 106 Å². The number of nitrogens with zero attached hydrogens (tertiary/aromatic N) is 4. The minimum absolute atomic E-state index is 0.0938. The van der Waals surface area contributed by atoms with Crippen LogP contribution in [0.15, 0.2) is 5.28 Å². The maximum Gasteiger partial charge on any atom is 0.294 e. The fourth-order valence-corrected chi connectivity index (χ4v) is 3.19. The standard InChI is InChI=1S/C9H18N5O3S/c1-9(2)7-12(18(3,15)16)4-5-13(9)14-6-8(10)17-11-14/h10H,4-7H2,1-3H3/q+1. The van der Waals surface area contributed by atoms with Gasteiger partial charge in [0.05, 0.1) is 12.8 Å². The van der Waals surface area contributed by atoms with Gasteiger partial charge in [-0.15, -0.1) is 0 Å². The van der Waals surface area contributed by atoms with Crippen molar-refractivity contribution < 1.29 is 18.1 Å². The third-order valence-electron chi connectivity index (χ3n) is 3.10. The minimum Gasteiger partial charge on any atom is -0.283 e. The van der Waals surface area contributed by atoms with Crippen molar-refractivity contribution in [1.82, 2.24) is 9.31 Å². The molecule has 102 valence electrons. The largest absolute Gasteiger partial charge is 0.294 e. The highest BCUT2D eigenvalue weighted by Gasteiger charge is 2.45. The molecule has 1 fully saturated rings. The van der Waals surface area contributed by atoms with Crippen molar-refractivity contribution in [2.45, 2.75) is 19.4 Å². The number of rotatable bonds is 2. The first-order chi connectivity index (χ1) is 8.20. The lowest BCUT2D eigenvalue weighted by Gasteiger charge is -2.41. The molecule has 0 amide bonds. The average molecular weight is 276 g/mol. The maximum atomic E-state index is 11.6.